The molecule has 2 heteroatoms. The lowest BCUT2D eigenvalue weighted by Crippen LogP contribution is -2.11. The Kier molecular flexibility index (Phi) is 4.31. The zero-order valence-corrected chi connectivity index (χ0v) is 14.6. The number of hydrogen-bond acceptors (Lipinski definition) is 2. The molecule has 1 aliphatic heterocycles. The summed E-state index contributed by atoms with van der Waals surface area (Å²) in [4.78, 5) is 1.33. The second kappa shape index (κ2) is 6.74. The van der Waals surface area contributed by atoms with Gasteiger partial charge in [-0.2, -0.15) is 0 Å². The molecule has 0 fully saturated rings. The van der Waals surface area contributed by atoms with Crippen molar-refractivity contribution in [2.75, 3.05) is 5.32 Å². The van der Waals surface area contributed by atoms with E-state index < -0.39 is 0 Å². The van der Waals surface area contributed by atoms with E-state index in [1.807, 2.05) is 11.8 Å². The van der Waals surface area contributed by atoms with Crippen molar-refractivity contribution < 1.29 is 0 Å². The van der Waals surface area contributed by atoms with Crippen LogP contribution in [0.2, 0.25) is 0 Å². The van der Waals surface area contributed by atoms with Crippen molar-refractivity contribution >= 4 is 17.4 Å². The molecule has 3 aromatic rings. The third kappa shape index (κ3) is 3.20. The van der Waals surface area contributed by atoms with Gasteiger partial charge in [0.2, 0.25) is 0 Å². The summed E-state index contributed by atoms with van der Waals surface area (Å²) in [5, 5.41) is 4.22. The molecule has 2 atom stereocenters. The van der Waals surface area contributed by atoms with Crippen LogP contribution < -0.4 is 5.32 Å². The molecule has 0 bridgehead atoms. The summed E-state index contributed by atoms with van der Waals surface area (Å²) < 4.78 is 0. The van der Waals surface area contributed by atoms with Gasteiger partial charge in [-0.05, 0) is 36.6 Å². The van der Waals surface area contributed by atoms with Crippen LogP contribution in [0.1, 0.15) is 34.4 Å². The monoisotopic (exact) mass is 331 g/mol. The van der Waals surface area contributed by atoms with Crippen LogP contribution >= 0.6 is 11.8 Å². The molecule has 0 saturated carbocycles. The molecule has 0 aromatic heterocycles. The van der Waals surface area contributed by atoms with Crippen molar-refractivity contribution in [2.45, 2.75) is 29.5 Å². The standard InChI is InChI=1S/C22H21NS/c1-16-11-13-18(14-12-16)22-15-20(17-7-3-2-4-8-17)23-19-9-5-6-10-21(19)24-22/h2-14,20,22-23H,15H2,1H3/t20-,22-/m0/s1. The highest BCUT2D eigenvalue weighted by Gasteiger charge is 2.25. The third-order valence-corrected chi connectivity index (χ3v) is 5.95. The first-order valence-corrected chi connectivity index (χ1v) is 9.31. The molecule has 1 heterocycles. The predicted octanol–water partition coefficient (Wildman–Crippen LogP) is 6.39. The fraction of sp³-hybridized carbons (Fsp3) is 0.182. The van der Waals surface area contributed by atoms with Crippen LogP contribution in [-0.4, -0.2) is 0 Å². The smallest absolute Gasteiger partial charge is 0.0528 e. The molecule has 0 spiro atoms. The lowest BCUT2D eigenvalue weighted by atomic mass is 9.98. The zero-order valence-electron chi connectivity index (χ0n) is 13.8. The second-order valence-corrected chi connectivity index (χ2v) is 7.60. The van der Waals surface area contributed by atoms with E-state index in [9.17, 15) is 0 Å². The molecule has 1 N–H and O–H groups in total. The number of benzene rings is 3. The van der Waals surface area contributed by atoms with Crippen molar-refractivity contribution in [1.82, 2.24) is 0 Å². The molecular weight excluding hydrogens is 310 g/mol. The maximum atomic E-state index is 3.77. The van der Waals surface area contributed by atoms with Crippen molar-refractivity contribution in [1.29, 1.82) is 0 Å². The van der Waals surface area contributed by atoms with Gasteiger partial charge in [-0.3, -0.25) is 0 Å². The van der Waals surface area contributed by atoms with E-state index in [1.165, 1.54) is 27.3 Å². The molecule has 120 valence electrons. The van der Waals surface area contributed by atoms with Crippen LogP contribution in [-0.2, 0) is 0 Å². The summed E-state index contributed by atoms with van der Waals surface area (Å²) in [6.45, 7) is 2.15. The first-order chi connectivity index (χ1) is 11.8. The van der Waals surface area contributed by atoms with E-state index in [1.54, 1.807) is 0 Å². The maximum Gasteiger partial charge on any atom is 0.0528 e. The Bertz CT molecular complexity index is 811. The zero-order chi connectivity index (χ0) is 16.4. The van der Waals surface area contributed by atoms with Gasteiger partial charge in [0, 0.05) is 15.8 Å². The predicted molar refractivity (Wildman–Crippen MR) is 104 cm³/mol. The molecule has 0 amide bonds. The van der Waals surface area contributed by atoms with E-state index in [0.717, 1.165) is 6.42 Å². The summed E-state index contributed by atoms with van der Waals surface area (Å²) >= 11 is 1.97. The summed E-state index contributed by atoms with van der Waals surface area (Å²) in [6, 6.07) is 28.8. The minimum Gasteiger partial charge on any atom is -0.377 e. The molecule has 0 saturated heterocycles. The number of rotatable bonds is 2. The summed E-state index contributed by atoms with van der Waals surface area (Å²) in [7, 11) is 0. The lowest BCUT2D eigenvalue weighted by molar-refractivity contribution is 0.687. The van der Waals surface area contributed by atoms with Crippen LogP contribution in [0.25, 0.3) is 0 Å². The largest absolute Gasteiger partial charge is 0.377 e. The Morgan fingerprint density at radius 1 is 0.792 bits per heavy atom. The summed E-state index contributed by atoms with van der Waals surface area (Å²) in [5.41, 5.74) is 5.32. The van der Waals surface area contributed by atoms with E-state index in [2.05, 4.69) is 91.1 Å². The van der Waals surface area contributed by atoms with Gasteiger partial charge in [0.1, 0.15) is 0 Å². The van der Waals surface area contributed by atoms with Crippen LogP contribution in [0, 0.1) is 6.92 Å². The first-order valence-electron chi connectivity index (χ1n) is 8.43. The number of para-hydroxylation sites is 1. The third-order valence-electron chi connectivity index (χ3n) is 4.59. The van der Waals surface area contributed by atoms with E-state index in [4.69, 9.17) is 0 Å². The molecule has 3 aromatic carbocycles. The molecule has 0 unspecified atom stereocenters. The quantitative estimate of drug-likeness (QED) is 0.584. The van der Waals surface area contributed by atoms with Gasteiger partial charge >= 0.3 is 0 Å². The van der Waals surface area contributed by atoms with Crippen molar-refractivity contribution in [2.24, 2.45) is 0 Å². The number of aryl methyl sites for hydroxylation is 1. The van der Waals surface area contributed by atoms with E-state index in [0.29, 0.717) is 11.3 Å². The SMILES string of the molecule is Cc1ccc([C@@H]2C[C@@H](c3ccccc3)Nc3ccccc3S2)cc1. The number of fused-ring (bicyclic) bond motifs is 1. The highest BCUT2D eigenvalue weighted by atomic mass is 32.2. The van der Waals surface area contributed by atoms with Crippen LogP contribution in [0.4, 0.5) is 5.69 Å². The molecule has 1 nitrogen and oxygen atoms in total. The molecular formula is C22H21NS. The molecule has 0 aliphatic carbocycles. The molecule has 4 rings (SSSR count). The Morgan fingerprint density at radius 2 is 1.50 bits per heavy atom. The highest BCUT2D eigenvalue weighted by Crippen LogP contribution is 2.47. The average Bonchev–Trinajstić information content (AvgIpc) is 2.83. The van der Waals surface area contributed by atoms with Gasteiger partial charge in [0.05, 0.1) is 6.04 Å². The minimum absolute atomic E-state index is 0.327. The lowest BCUT2D eigenvalue weighted by Gasteiger charge is -2.21. The van der Waals surface area contributed by atoms with Crippen LogP contribution in [0.3, 0.4) is 0 Å². The molecule has 1 aliphatic rings. The molecule has 24 heavy (non-hydrogen) atoms. The van der Waals surface area contributed by atoms with Crippen molar-refractivity contribution in [3.8, 4) is 0 Å². The topological polar surface area (TPSA) is 12.0 Å². The first kappa shape index (κ1) is 15.3. The van der Waals surface area contributed by atoms with Gasteiger partial charge in [-0.1, -0.05) is 72.3 Å². The summed E-state index contributed by atoms with van der Waals surface area (Å²) in [5.74, 6) is 0. The van der Waals surface area contributed by atoms with Gasteiger partial charge < -0.3 is 5.32 Å². The number of nitrogens with one attached hydrogen (secondary N) is 1. The summed E-state index contributed by atoms with van der Waals surface area (Å²) in [6.07, 6.45) is 1.08. The number of hydrogen-bond donors (Lipinski definition) is 1. The van der Waals surface area contributed by atoms with Crippen molar-refractivity contribution in [3.05, 3.63) is 95.6 Å². The Labute approximate surface area is 148 Å². The van der Waals surface area contributed by atoms with Crippen molar-refractivity contribution in [3.63, 3.8) is 0 Å². The maximum absolute atomic E-state index is 3.77. The number of thioether (sulfide) groups is 1. The van der Waals surface area contributed by atoms with Gasteiger partial charge in [-0.25, -0.2) is 0 Å². The van der Waals surface area contributed by atoms with Crippen LogP contribution in [0.15, 0.2) is 83.8 Å². The fourth-order valence-corrected chi connectivity index (χ4v) is 4.54. The van der Waals surface area contributed by atoms with E-state index in [-0.39, 0.29) is 0 Å². The number of anilines is 1. The van der Waals surface area contributed by atoms with Gasteiger partial charge in [0.15, 0.2) is 0 Å². The Morgan fingerprint density at radius 3 is 2.29 bits per heavy atom. The van der Waals surface area contributed by atoms with E-state index >= 15 is 0 Å². The minimum atomic E-state index is 0.327. The molecule has 0 radical (unpaired) electrons. The Hall–Kier alpha value is -2.19. The fourth-order valence-electron chi connectivity index (χ4n) is 3.24. The highest BCUT2D eigenvalue weighted by molar-refractivity contribution is 7.99. The second-order valence-electron chi connectivity index (χ2n) is 6.36. The Balaban J connectivity index is 1.73. The average molecular weight is 331 g/mol. The van der Waals surface area contributed by atoms with Gasteiger partial charge in [0.25, 0.3) is 0 Å². The normalized spacial score (nSPS) is 19.9. The van der Waals surface area contributed by atoms with Crippen LogP contribution in [0.5, 0.6) is 0 Å². The van der Waals surface area contributed by atoms with Gasteiger partial charge in [-0.15, -0.1) is 11.8 Å².